The van der Waals surface area contributed by atoms with Crippen LogP contribution in [0.25, 0.3) is 0 Å². The Hall–Kier alpha value is -2.33. The van der Waals surface area contributed by atoms with Crippen LogP contribution in [0.1, 0.15) is 16.7 Å². The average molecular weight is 285 g/mol. The number of phenols is 1. The molecule has 4 heteroatoms. The lowest BCUT2D eigenvalue weighted by Gasteiger charge is -2.14. The van der Waals surface area contributed by atoms with Gasteiger partial charge < -0.3 is 15.6 Å². The van der Waals surface area contributed by atoms with Gasteiger partial charge in [0.1, 0.15) is 11.8 Å². The van der Waals surface area contributed by atoms with Crippen LogP contribution < -0.4 is 5.73 Å². The van der Waals surface area contributed by atoms with Gasteiger partial charge in [-0.05, 0) is 41.7 Å². The molecular weight excluding hydrogens is 266 g/mol. The number of methoxy groups -OCH3 is 1. The smallest absolute Gasteiger partial charge is 0.322 e. The van der Waals surface area contributed by atoms with Crippen LogP contribution in [-0.4, -0.2) is 24.2 Å². The highest BCUT2D eigenvalue weighted by molar-refractivity contribution is 5.75. The molecule has 0 aliphatic carbocycles. The van der Waals surface area contributed by atoms with Gasteiger partial charge in [-0.1, -0.05) is 36.4 Å². The maximum atomic E-state index is 11.5. The number of rotatable bonds is 5. The molecule has 4 nitrogen and oxygen atoms in total. The van der Waals surface area contributed by atoms with Crippen LogP contribution in [0.15, 0.2) is 48.5 Å². The summed E-state index contributed by atoms with van der Waals surface area (Å²) >= 11 is 0. The van der Waals surface area contributed by atoms with Crippen LogP contribution in [0.3, 0.4) is 0 Å². The first-order valence-corrected chi connectivity index (χ1v) is 6.78. The largest absolute Gasteiger partial charge is 0.508 e. The van der Waals surface area contributed by atoms with Gasteiger partial charge in [-0.3, -0.25) is 4.79 Å². The van der Waals surface area contributed by atoms with E-state index in [9.17, 15) is 9.90 Å². The van der Waals surface area contributed by atoms with Crippen LogP contribution in [0.5, 0.6) is 5.75 Å². The number of phenolic OH excluding ortho intramolecular Hbond substituents is 1. The molecule has 0 aliphatic rings. The molecule has 0 bridgehead atoms. The highest BCUT2D eigenvalue weighted by atomic mass is 16.5. The zero-order valence-corrected chi connectivity index (χ0v) is 12.0. The summed E-state index contributed by atoms with van der Waals surface area (Å²) in [4.78, 5) is 11.5. The van der Waals surface area contributed by atoms with E-state index in [1.54, 1.807) is 18.2 Å². The normalized spacial score (nSPS) is 11.9. The number of carbonyl (C=O) groups excluding carboxylic acids is 1. The molecule has 2 aromatic carbocycles. The number of benzene rings is 2. The predicted octanol–water partition coefficient (Wildman–Crippen LogP) is 2.03. The SMILES string of the molecule is COC(=O)[C@@H](N)Cc1ccc(O)cc1Cc1ccccc1. The summed E-state index contributed by atoms with van der Waals surface area (Å²) in [7, 11) is 1.32. The molecule has 0 aliphatic heterocycles. The summed E-state index contributed by atoms with van der Waals surface area (Å²) in [6.07, 6.45) is 1.06. The van der Waals surface area contributed by atoms with E-state index in [0.29, 0.717) is 12.8 Å². The van der Waals surface area contributed by atoms with Crippen molar-refractivity contribution >= 4 is 5.97 Å². The molecule has 0 heterocycles. The minimum Gasteiger partial charge on any atom is -0.508 e. The van der Waals surface area contributed by atoms with Crippen molar-refractivity contribution < 1.29 is 14.6 Å². The average Bonchev–Trinajstić information content (AvgIpc) is 2.50. The summed E-state index contributed by atoms with van der Waals surface area (Å²) in [6, 6.07) is 14.4. The van der Waals surface area contributed by atoms with Gasteiger partial charge in [-0.25, -0.2) is 0 Å². The van der Waals surface area contributed by atoms with Crippen molar-refractivity contribution in [3.05, 3.63) is 65.2 Å². The number of hydrogen-bond donors (Lipinski definition) is 2. The number of esters is 1. The van der Waals surface area contributed by atoms with Crippen molar-refractivity contribution in [3.8, 4) is 5.75 Å². The molecule has 0 spiro atoms. The van der Waals surface area contributed by atoms with Crippen LogP contribution in [0, 0.1) is 0 Å². The second-order valence-corrected chi connectivity index (χ2v) is 4.95. The van der Waals surface area contributed by atoms with Crippen molar-refractivity contribution in [2.24, 2.45) is 5.73 Å². The number of hydrogen-bond acceptors (Lipinski definition) is 4. The molecule has 0 fully saturated rings. The van der Waals surface area contributed by atoms with Gasteiger partial charge in [0.2, 0.25) is 0 Å². The van der Waals surface area contributed by atoms with Gasteiger partial charge >= 0.3 is 5.97 Å². The molecule has 3 N–H and O–H groups in total. The monoisotopic (exact) mass is 285 g/mol. The molecule has 0 saturated carbocycles. The fraction of sp³-hybridized carbons (Fsp3) is 0.235. The van der Waals surface area contributed by atoms with E-state index in [-0.39, 0.29) is 5.75 Å². The zero-order chi connectivity index (χ0) is 15.2. The zero-order valence-electron chi connectivity index (χ0n) is 12.0. The Bertz CT molecular complexity index is 611. The standard InChI is InChI=1S/C17H19NO3/c1-21-17(20)16(18)11-13-7-8-15(19)10-14(13)9-12-5-3-2-4-6-12/h2-8,10,16,19H,9,11,18H2,1H3/t16-/m0/s1. The van der Waals surface area contributed by atoms with Gasteiger partial charge in [0, 0.05) is 0 Å². The highest BCUT2D eigenvalue weighted by Crippen LogP contribution is 2.21. The van der Waals surface area contributed by atoms with E-state index in [1.807, 2.05) is 30.3 Å². The van der Waals surface area contributed by atoms with Crippen molar-refractivity contribution in [2.45, 2.75) is 18.9 Å². The van der Waals surface area contributed by atoms with Crippen LogP contribution >= 0.6 is 0 Å². The highest BCUT2D eigenvalue weighted by Gasteiger charge is 2.16. The van der Waals surface area contributed by atoms with E-state index < -0.39 is 12.0 Å². The molecule has 0 saturated heterocycles. The molecule has 0 aromatic heterocycles. The molecule has 110 valence electrons. The molecule has 21 heavy (non-hydrogen) atoms. The lowest BCUT2D eigenvalue weighted by atomic mass is 9.95. The van der Waals surface area contributed by atoms with Gasteiger partial charge in [-0.2, -0.15) is 0 Å². The van der Waals surface area contributed by atoms with Crippen molar-refractivity contribution in [1.29, 1.82) is 0 Å². The summed E-state index contributed by atoms with van der Waals surface area (Å²) in [5.74, 6) is -0.231. The molecule has 0 amide bonds. The Morgan fingerprint density at radius 1 is 1.19 bits per heavy atom. The first kappa shape index (κ1) is 15.1. The fourth-order valence-corrected chi connectivity index (χ4v) is 2.26. The second kappa shape index (κ2) is 6.90. The topological polar surface area (TPSA) is 72.5 Å². The number of carbonyl (C=O) groups is 1. The summed E-state index contributed by atoms with van der Waals surface area (Å²) in [5, 5.41) is 9.68. The van der Waals surface area contributed by atoms with Crippen molar-refractivity contribution in [2.75, 3.05) is 7.11 Å². The van der Waals surface area contributed by atoms with Crippen molar-refractivity contribution in [3.63, 3.8) is 0 Å². The predicted molar refractivity (Wildman–Crippen MR) is 81.1 cm³/mol. The van der Waals surface area contributed by atoms with Gasteiger partial charge in [0.05, 0.1) is 7.11 Å². The third-order valence-electron chi connectivity index (χ3n) is 3.37. The lowest BCUT2D eigenvalue weighted by molar-refractivity contribution is -0.142. The Balaban J connectivity index is 2.23. The molecular formula is C17H19NO3. The maximum absolute atomic E-state index is 11.5. The van der Waals surface area contributed by atoms with E-state index in [4.69, 9.17) is 5.73 Å². The van der Waals surface area contributed by atoms with Crippen LogP contribution in [0.2, 0.25) is 0 Å². The molecule has 2 rings (SSSR count). The Kier molecular flexibility index (Phi) is 4.95. The fourth-order valence-electron chi connectivity index (χ4n) is 2.26. The minimum atomic E-state index is -0.700. The van der Waals surface area contributed by atoms with Crippen LogP contribution in [-0.2, 0) is 22.4 Å². The number of ether oxygens (including phenoxy) is 1. The lowest BCUT2D eigenvalue weighted by Crippen LogP contribution is -2.33. The minimum absolute atomic E-state index is 0.205. The van der Waals surface area contributed by atoms with Crippen molar-refractivity contribution in [1.82, 2.24) is 0 Å². The number of aromatic hydroxyl groups is 1. The number of nitrogens with two attached hydrogens (primary N) is 1. The van der Waals surface area contributed by atoms with Gasteiger partial charge in [-0.15, -0.1) is 0 Å². The summed E-state index contributed by atoms with van der Waals surface area (Å²) in [6.45, 7) is 0. The molecule has 1 atom stereocenters. The van der Waals surface area contributed by atoms with E-state index >= 15 is 0 Å². The summed E-state index contributed by atoms with van der Waals surface area (Å²) < 4.78 is 4.65. The van der Waals surface area contributed by atoms with Crippen LogP contribution in [0.4, 0.5) is 0 Å². The second-order valence-electron chi connectivity index (χ2n) is 4.95. The first-order chi connectivity index (χ1) is 10.1. The Labute approximate surface area is 124 Å². The van der Waals surface area contributed by atoms with E-state index in [1.165, 1.54) is 7.11 Å². The maximum Gasteiger partial charge on any atom is 0.322 e. The quantitative estimate of drug-likeness (QED) is 0.824. The molecule has 2 aromatic rings. The Morgan fingerprint density at radius 3 is 2.57 bits per heavy atom. The third-order valence-corrected chi connectivity index (χ3v) is 3.37. The molecule has 0 radical (unpaired) electrons. The van der Waals surface area contributed by atoms with Gasteiger partial charge in [0.25, 0.3) is 0 Å². The summed E-state index contributed by atoms with van der Waals surface area (Å²) in [5.41, 5.74) is 8.86. The van der Waals surface area contributed by atoms with E-state index in [2.05, 4.69) is 4.74 Å². The molecule has 0 unspecified atom stereocenters. The van der Waals surface area contributed by atoms with Gasteiger partial charge in [0.15, 0.2) is 0 Å². The first-order valence-electron chi connectivity index (χ1n) is 6.78. The Morgan fingerprint density at radius 2 is 1.90 bits per heavy atom. The third kappa shape index (κ3) is 4.07. The van der Waals surface area contributed by atoms with E-state index in [0.717, 1.165) is 16.7 Å².